The van der Waals surface area contributed by atoms with Crippen LogP contribution >= 0.6 is 0 Å². The summed E-state index contributed by atoms with van der Waals surface area (Å²) in [5.41, 5.74) is 0.881. The Morgan fingerprint density at radius 1 is 1.30 bits per heavy atom. The molecule has 0 radical (unpaired) electrons. The highest BCUT2D eigenvalue weighted by molar-refractivity contribution is 7.92. The molecule has 0 aliphatic rings. The molecule has 0 bridgehead atoms. The Morgan fingerprint density at radius 2 is 2.05 bits per heavy atom. The molecule has 0 saturated carbocycles. The summed E-state index contributed by atoms with van der Waals surface area (Å²) in [4.78, 5) is 3.77. The molecular weight excluding hydrogens is 283 g/mol. The normalized spacial score (nSPS) is 11.3. The van der Waals surface area contributed by atoms with Crippen LogP contribution in [-0.4, -0.2) is 18.5 Å². The Bertz CT molecular complexity index is 715. The Balaban J connectivity index is 2.33. The monoisotopic (exact) mass is 296 g/mol. The van der Waals surface area contributed by atoms with Crippen LogP contribution in [-0.2, 0) is 16.6 Å². The minimum Gasteiger partial charge on any atom is -0.392 e. The fourth-order valence-electron chi connectivity index (χ4n) is 1.58. The fourth-order valence-corrected chi connectivity index (χ4v) is 2.63. The summed E-state index contributed by atoms with van der Waals surface area (Å²) in [5, 5.41) is 8.69. The molecule has 2 aromatic rings. The third-order valence-corrected chi connectivity index (χ3v) is 4.05. The van der Waals surface area contributed by atoms with Gasteiger partial charge in [0.15, 0.2) is 5.03 Å². The van der Waals surface area contributed by atoms with E-state index >= 15 is 0 Å². The standard InChI is InChI=1S/C13H13FN2O3S/c1-9-11(14)3-2-4-12(9)16-20(18,19)13-6-5-10(8-17)7-15-13/h2-7,16-17H,8H2,1H3. The zero-order valence-corrected chi connectivity index (χ0v) is 11.5. The zero-order chi connectivity index (χ0) is 14.8. The number of halogens is 1. The highest BCUT2D eigenvalue weighted by atomic mass is 32.2. The van der Waals surface area contributed by atoms with Crippen LogP contribution in [0.4, 0.5) is 10.1 Å². The summed E-state index contributed by atoms with van der Waals surface area (Å²) in [6.07, 6.45) is 1.27. The summed E-state index contributed by atoms with van der Waals surface area (Å²) < 4.78 is 39.9. The highest BCUT2D eigenvalue weighted by Gasteiger charge is 2.17. The van der Waals surface area contributed by atoms with Gasteiger partial charge in [0, 0.05) is 11.8 Å². The van der Waals surface area contributed by atoms with Crippen molar-refractivity contribution in [1.29, 1.82) is 0 Å². The molecule has 0 aliphatic carbocycles. The number of aromatic nitrogens is 1. The molecule has 0 aliphatic heterocycles. The van der Waals surface area contributed by atoms with Gasteiger partial charge in [-0.15, -0.1) is 0 Å². The summed E-state index contributed by atoms with van der Waals surface area (Å²) in [7, 11) is -3.89. The van der Waals surface area contributed by atoms with E-state index in [1.807, 2.05) is 0 Å². The van der Waals surface area contributed by atoms with Crippen molar-refractivity contribution in [1.82, 2.24) is 4.98 Å². The van der Waals surface area contributed by atoms with Gasteiger partial charge in [-0.2, -0.15) is 8.42 Å². The van der Waals surface area contributed by atoms with Crippen molar-refractivity contribution < 1.29 is 17.9 Å². The van der Waals surface area contributed by atoms with Crippen LogP contribution in [0.5, 0.6) is 0 Å². The van der Waals surface area contributed by atoms with Gasteiger partial charge in [0.2, 0.25) is 0 Å². The number of hydrogen-bond donors (Lipinski definition) is 2. The SMILES string of the molecule is Cc1c(F)cccc1NS(=O)(=O)c1ccc(CO)cn1. The number of nitrogens with one attached hydrogen (secondary N) is 1. The summed E-state index contributed by atoms with van der Waals surface area (Å²) in [6, 6.07) is 6.88. The molecule has 0 fully saturated rings. The van der Waals surface area contributed by atoms with Gasteiger partial charge in [0.05, 0.1) is 12.3 Å². The zero-order valence-electron chi connectivity index (χ0n) is 10.7. The topological polar surface area (TPSA) is 79.3 Å². The van der Waals surface area contributed by atoms with E-state index in [4.69, 9.17) is 5.11 Å². The first-order chi connectivity index (χ1) is 9.44. The lowest BCUT2D eigenvalue weighted by molar-refractivity contribution is 0.281. The molecule has 0 atom stereocenters. The molecule has 106 valence electrons. The van der Waals surface area contributed by atoms with Crippen molar-refractivity contribution in [2.24, 2.45) is 0 Å². The van der Waals surface area contributed by atoms with Gasteiger partial charge < -0.3 is 5.11 Å². The first-order valence-electron chi connectivity index (χ1n) is 5.78. The van der Waals surface area contributed by atoms with E-state index in [0.29, 0.717) is 5.56 Å². The van der Waals surface area contributed by atoms with E-state index in [1.54, 1.807) is 0 Å². The van der Waals surface area contributed by atoms with Crippen LogP contribution in [0.3, 0.4) is 0 Å². The molecule has 7 heteroatoms. The largest absolute Gasteiger partial charge is 0.392 e. The Labute approximate surface area is 116 Å². The van der Waals surface area contributed by atoms with Crippen LogP contribution < -0.4 is 4.72 Å². The lowest BCUT2D eigenvalue weighted by Crippen LogP contribution is -2.15. The van der Waals surface area contributed by atoms with E-state index in [9.17, 15) is 12.8 Å². The second-order valence-electron chi connectivity index (χ2n) is 4.18. The van der Waals surface area contributed by atoms with Gasteiger partial charge in [0.25, 0.3) is 10.0 Å². The number of aliphatic hydroxyl groups is 1. The third kappa shape index (κ3) is 2.94. The molecule has 0 spiro atoms. The highest BCUT2D eigenvalue weighted by Crippen LogP contribution is 2.20. The van der Waals surface area contributed by atoms with Gasteiger partial charge in [-0.1, -0.05) is 12.1 Å². The van der Waals surface area contributed by atoms with Crippen molar-refractivity contribution in [3.63, 3.8) is 0 Å². The molecule has 20 heavy (non-hydrogen) atoms. The predicted octanol–water partition coefficient (Wildman–Crippen LogP) is 1.82. The van der Waals surface area contributed by atoms with E-state index in [2.05, 4.69) is 9.71 Å². The second kappa shape index (κ2) is 5.56. The Hall–Kier alpha value is -1.99. The van der Waals surface area contributed by atoms with Crippen LogP contribution in [0.1, 0.15) is 11.1 Å². The number of sulfonamides is 1. The van der Waals surface area contributed by atoms with Crippen LogP contribution in [0.2, 0.25) is 0 Å². The summed E-state index contributed by atoms with van der Waals surface area (Å²) >= 11 is 0. The molecule has 5 nitrogen and oxygen atoms in total. The molecule has 0 saturated heterocycles. The van der Waals surface area contributed by atoms with Gasteiger partial charge in [-0.3, -0.25) is 4.72 Å². The average Bonchev–Trinajstić information content (AvgIpc) is 2.44. The number of hydrogen-bond acceptors (Lipinski definition) is 4. The number of pyridine rings is 1. The molecule has 0 amide bonds. The van der Waals surface area contributed by atoms with Crippen LogP contribution in [0.15, 0.2) is 41.6 Å². The minimum atomic E-state index is -3.89. The smallest absolute Gasteiger partial charge is 0.279 e. The molecule has 1 aromatic carbocycles. The quantitative estimate of drug-likeness (QED) is 0.902. The minimum absolute atomic E-state index is 0.165. The maximum absolute atomic E-state index is 13.4. The van der Waals surface area contributed by atoms with Crippen molar-refractivity contribution in [3.05, 3.63) is 53.5 Å². The Kier molecular flexibility index (Phi) is 4.01. The van der Waals surface area contributed by atoms with Gasteiger partial charge in [-0.25, -0.2) is 9.37 Å². The average molecular weight is 296 g/mol. The van der Waals surface area contributed by atoms with Gasteiger partial charge in [0.1, 0.15) is 5.82 Å². The number of nitrogens with zero attached hydrogens (tertiary/aromatic N) is 1. The fraction of sp³-hybridized carbons (Fsp3) is 0.154. The number of benzene rings is 1. The van der Waals surface area contributed by atoms with Crippen molar-refractivity contribution in [3.8, 4) is 0 Å². The third-order valence-electron chi connectivity index (χ3n) is 2.77. The number of anilines is 1. The maximum atomic E-state index is 13.4. The molecule has 1 heterocycles. The van der Waals surface area contributed by atoms with Crippen LogP contribution in [0.25, 0.3) is 0 Å². The predicted molar refractivity (Wildman–Crippen MR) is 72.1 cm³/mol. The van der Waals surface area contributed by atoms with E-state index < -0.39 is 15.8 Å². The molecule has 1 aromatic heterocycles. The molecule has 0 unspecified atom stereocenters. The number of rotatable bonds is 4. The molecule has 2 N–H and O–H groups in total. The van der Waals surface area contributed by atoms with Gasteiger partial charge in [-0.05, 0) is 30.7 Å². The maximum Gasteiger partial charge on any atom is 0.279 e. The van der Waals surface area contributed by atoms with E-state index in [-0.39, 0.29) is 22.9 Å². The molecule has 2 rings (SSSR count). The first-order valence-corrected chi connectivity index (χ1v) is 7.26. The van der Waals surface area contributed by atoms with E-state index in [1.165, 1.54) is 43.5 Å². The number of aliphatic hydroxyl groups excluding tert-OH is 1. The van der Waals surface area contributed by atoms with Gasteiger partial charge >= 0.3 is 0 Å². The second-order valence-corrected chi connectivity index (χ2v) is 5.81. The summed E-state index contributed by atoms with van der Waals surface area (Å²) in [5.74, 6) is -0.492. The Morgan fingerprint density at radius 3 is 2.65 bits per heavy atom. The van der Waals surface area contributed by atoms with Crippen molar-refractivity contribution in [2.45, 2.75) is 18.6 Å². The van der Waals surface area contributed by atoms with E-state index in [0.717, 1.165) is 0 Å². The first kappa shape index (κ1) is 14.4. The van der Waals surface area contributed by atoms with Crippen molar-refractivity contribution >= 4 is 15.7 Å². The van der Waals surface area contributed by atoms with Crippen LogP contribution in [0, 0.1) is 12.7 Å². The van der Waals surface area contributed by atoms with Crippen molar-refractivity contribution in [2.75, 3.05) is 4.72 Å². The summed E-state index contributed by atoms with van der Waals surface area (Å²) in [6.45, 7) is 1.26. The molecular formula is C13H13FN2O3S. The lowest BCUT2D eigenvalue weighted by Gasteiger charge is -2.10. The lowest BCUT2D eigenvalue weighted by atomic mass is 10.2.